The zero-order chi connectivity index (χ0) is 10.5. The SMILES string of the molecule is CC(C)(O)O.CCC1CCC(N)C1. The van der Waals surface area contributed by atoms with E-state index in [0.29, 0.717) is 6.04 Å². The van der Waals surface area contributed by atoms with Crippen LogP contribution >= 0.6 is 0 Å². The fourth-order valence-electron chi connectivity index (χ4n) is 1.48. The third-order valence-corrected chi connectivity index (χ3v) is 2.16. The second-order valence-corrected chi connectivity index (χ2v) is 4.34. The third kappa shape index (κ3) is 9.80. The van der Waals surface area contributed by atoms with Crippen molar-refractivity contribution in [3.63, 3.8) is 0 Å². The molecule has 1 aliphatic carbocycles. The van der Waals surface area contributed by atoms with Gasteiger partial charge in [0.25, 0.3) is 0 Å². The average molecular weight is 189 g/mol. The molecule has 2 unspecified atom stereocenters. The summed E-state index contributed by atoms with van der Waals surface area (Å²) < 4.78 is 0. The maximum Gasteiger partial charge on any atom is 0.156 e. The smallest absolute Gasteiger partial charge is 0.156 e. The van der Waals surface area contributed by atoms with Gasteiger partial charge in [0.05, 0.1) is 0 Å². The lowest BCUT2D eigenvalue weighted by atomic mass is 10.1. The van der Waals surface area contributed by atoms with Gasteiger partial charge in [-0.3, -0.25) is 0 Å². The lowest BCUT2D eigenvalue weighted by molar-refractivity contribution is -0.127. The quantitative estimate of drug-likeness (QED) is 0.543. The molecule has 0 aromatic heterocycles. The molecule has 0 aliphatic heterocycles. The molecule has 0 saturated heterocycles. The molecule has 1 fully saturated rings. The Morgan fingerprint density at radius 1 is 1.31 bits per heavy atom. The van der Waals surface area contributed by atoms with Crippen molar-refractivity contribution in [3.05, 3.63) is 0 Å². The van der Waals surface area contributed by atoms with Crippen molar-refractivity contribution in [2.75, 3.05) is 0 Å². The van der Waals surface area contributed by atoms with Gasteiger partial charge in [0, 0.05) is 6.04 Å². The second-order valence-electron chi connectivity index (χ2n) is 4.34. The predicted molar refractivity (Wildman–Crippen MR) is 54.1 cm³/mol. The van der Waals surface area contributed by atoms with E-state index >= 15 is 0 Å². The van der Waals surface area contributed by atoms with E-state index in [1.165, 1.54) is 39.5 Å². The normalized spacial score (nSPS) is 28.2. The minimum Gasteiger partial charge on any atom is -0.366 e. The highest BCUT2D eigenvalue weighted by molar-refractivity contribution is 4.76. The molecule has 0 aromatic carbocycles. The molecule has 0 bridgehead atoms. The first kappa shape index (κ1) is 12.9. The summed E-state index contributed by atoms with van der Waals surface area (Å²) >= 11 is 0. The van der Waals surface area contributed by atoms with Crippen molar-refractivity contribution in [1.82, 2.24) is 0 Å². The van der Waals surface area contributed by atoms with E-state index in [-0.39, 0.29) is 0 Å². The first-order chi connectivity index (χ1) is 5.83. The van der Waals surface area contributed by atoms with Gasteiger partial charge in [-0.15, -0.1) is 0 Å². The number of aliphatic hydroxyl groups is 2. The van der Waals surface area contributed by atoms with E-state index in [1.807, 2.05) is 0 Å². The summed E-state index contributed by atoms with van der Waals surface area (Å²) in [5, 5.41) is 16.2. The van der Waals surface area contributed by atoms with Gasteiger partial charge in [0.1, 0.15) is 0 Å². The van der Waals surface area contributed by atoms with Crippen LogP contribution in [0.4, 0.5) is 0 Å². The van der Waals surface area contributed by atoms with Crippen LogP contribution in [-0.2, 0) is 0 Å². The topological polar surface area (TPSA) is 66.5 Å². The molecule has 0 radical (unpaired) electrons. The van der Waals surface area contributed by atoms with E-state index in [0.717, 1.165) is 5.92 Å². The third-order valence-electron chi connectivity index (χ3n) is 2.16. The number of hydrogen-bond donors (Lipinski definition) is 3. The summed E-state index contributed by atoms with van der Waals surface area (Å²) in [7, 11) is 0. The highest BCUT2D eigenvalue weighted by Gasteiger charge is 2.19. The monoisotopic (exact) mass is 189 g/mol. The van der Waals surface area contributed by atoms with Crippen molar-refractivity contribution >= 4 is 0 Å². The Labute approximate surface area is 81.0 Å². The maximum absolute atomic E-state index is 8.08. The molecule has 2 atom stereocenters. The summed E-state index contributed by atoms with van der Waals surface area (Å²) in [6.45, 7) is 4.85. The van der Waals surface area contributed by atoms with Gasteiger partial charge in [0.15, 0.2) is 5.79 Å². The zero-order valence-corrected chi connectivity index (χ0v) is 8.95. The molecule has 1 aliphatic rings. The largest absolute Gasteiger partial charge is 0.366 e. The van der Waals surface area contributed by atoms with Gasteiger partial charge in [0.2, 0.25) is 0 Å². The van der Waals surface area contributed by atoms with E-state index in [9.17, 15) is 0 Å². The van der Waals surface area contributed by atoms with Crippen molar-refractivity contribution in [2.45, 2.75) is 58.3 Å². The molecule has 3 heteroatoms. The summed E-state index contributed by atoms with van der Waals surface area (Å²) in [4.78, 5) is 0. The Balaban J connectivity index is 0.000000252. The predicted octanol–water partition coefficient (Wildman–Crippen LogP) is 1.23. The Morgan fingerprint density at radius 2 is 1.77 bits per heavy atom. The Kier molecular flexibility index (Phi) is 5.53. The average Bonchev–Trinajstić information content (AvgIpc) is 2.31. The highest BCUT2D eigenvalue weighted by Crippen LogP contribution is 2.25. The van der Waals surface area contributed by atoms with Gasteiger partial charge in [-0.1, -0.05) is 13.3 Å². The Bertz CT molecular complexity index is 125. The van der Waals surface area contributed by atoms with Crippen LogP contribution < -0.4 is 5.73 Å². The first-order valence-corrected chi connectivity index (χ1v) is 5.03. The lowest BCUT2D eigenvalue weighted by Crippen LogP contribution is -2.15. The molecule has 80 valence electrons. The highest BCUT2D eigenvalue weighted by atomic mass is 16.5. The van der Waals surface area contributed by atoms with Gasteiger partial charge < -0.3 is 15.9 Å². The van der Waals surface area contributed by atoms with Gasteiger partial charge in [-0.05, 0) is 39.0 Å². The van der Waals surface area contributed by atoms with Crippen molar-refractivity contribution in [2.24, 2.45) is 11.7 Å². The molecular formula is C10H23NO2. The molecule has 1 rings (SSSR count). The number of hydrogen-bond acceptors (Lipinski definition) is 3. The second kappa shape index (κ2) is 5.58. The molecular weight excluding hydrogens is 166 g/mol. The van der Waals surface area contributed by atoms with Crippen LogP contribution in [0.2, 0.25) is 0 Å². The fraction of sp³-hybridized carbons (Fsp3) is 1.00. The minimum atomic E-state index is -1.50. The van der Waals surface area contributed by atoms with Crippen LogP contribution in [0.3, 0.4) is 0 Å². The van der Waals surface area contributed by atoms with Crippen LogP contribution in [0.15, 0.2) is 0 Å². The molecule has 0 spiro atoms. The van der Waals surface area contributed by atoms with Crippen LogP contribution in [0.1, 0.15) is 46.5 Å². The molecule has 4 N–H and O–H groups in total. The van der Waals surface area contributed by atoms with E-state index in [4.69, 9.17) is 15.9 Å². The van der Waals surface area contributed by atoms with Crippen molar-refractivity contribution in [3.8, 4) is 0 Å². The molecule has 13 heavy (non-hydrogen) atoms. The standard InChI is InChI=1S/C7H15N.C3H8O2/c1-2-6-3-4-7(8)5-6;1-3(2,4)5/h6-7H,2-5,8H2,1H3;4-5H,1-2H3. The van der Waals surface area contributed by atoms with Crippen LogP contribution in [-0.4, -0.2) is 22.0 Å². The van der Waals surface area contributed by atoms with Crippen molar-refractivity contribution in [1.29, 1.82) is 0 Å². The summed E-state index contributed by atoms with van der Waals surface area (Å²) in [5.41, 5.74) is 5.70. The Hall–Kier alpha value is -0.120. The van der Waals surface area contributed by atoms with Gasteiger partial charge in [-0.25, -0.2) is 0 Å². The molecule has 0 amide bonds. The summed E-state index contributed by atoms with van der Waals surface area (Å²) in [6, 6.07) is 0.528. The minimum absolute atomic E-state index is 0.528. The lowest BCUT2D eigenvalue weighted by Gasteiger charge is -2.03. The molecule has 0 aromatic rings. The van der Waals surface area contributed by atoms with E-state index in [1.54, 1.807) is 0 Å². The van der Waals surface area contributed by atoms with E-state index < -0.39 is 5.79 Å². The Morgan fingerprint density at radius 3 is 1.92 bits per heavy atom. The van der Waals surface area contributed by atoms with E-state index in [2.05, 4.69) is 6.92 Å². The first-order valence-electron chi connectivity index (χ1n) is 5.03. The molecule has 0 heterocycles. The van der Waals surface area contributed by atoms with Gasteiger partial charge in [-0.2, -0.15) is 0 Å². The fourth-order valence-corrected chi connectivity index (χ4v) is 1.48. The van der Waals surface area contributed by atoms with Crippen molar-refractivity contribution < 1.29 is 10.2 Å². The maximum atomic E-state index is 8.08. The van der Waals surface area contributed by atoms with Gasteiger partial charge >= 0.3 is 0 Å². The molecule has 3 nitrogen and oxygen atoms in total. The summed E-state index contributed by atoms with van der Waals surface area (Å²) in [5.74, 6) is -0.551. The molecule has 1 saturated carbocycles. The van der Waals surface area contributed by atoms with Crippen LogP contribution in [0.25, 0.3) is 0 Å². The van der Waals surface area contributed by atoms with Crippen LogP contribution in [0, 0.1) is 5.92 Å². The number of rotatable bonds is 1. The summed E-state index contributed by atoms with van der Waals surface area (Å²) in [6.07, 6.45) is 5.24. The zero-order valence-electron chi connectivity index (χ0n) is 8.95. The van der Waals surface area contributed by atoms with Crippen LogP contribution in [0.5, 0.6) is 0 Å². The number of nitrogens with two attached hydrogens (primary N) is 1.